The summed E-state index contributed by atoms with van der Waals surface area (Å²) in [7, 11) is 0. The van der Waals surface area contributed by atoms with Gasteiger partial charge >= 0.3 is 0 Å². The highest BCUT2D eigenvalue weighted by Crippen LogP contribution is 2.17. The number of hydrazine groups is 1. The molecule has 0 fully saturated rings. The smallest absolute Gasteiger partial charge is 0.243 e. The summed E-state index contributed by atoms with van der Waals surface area (Å²) < 4.78 is 5.28. The normalized spacial score (nSPS) is 11.6. The number of aromatic nitrogens is 2. The first-order valence-electron chi connectivity index (χ1n) is 8.47. The van der Waals surface area contributed by atoms with E-state index < -0.39 is 5.92 Å². The molecule has 0 aliphatic carbocycles. The lowest BCUT2D eigenvalue weighted by molar-refractivity contribution is -0.154. The van der Waals surface area contributed by atoms with Gasteiger partial charge in [0.15, 0.2) is 5.76 Å². The van der Waals surface area contributed by atoms with Crippen molar-refractivity contribution in [1.29, 1.82) is 0 Å². The Labute approximate surface area is 151 Å². The molecule has 3 N–H and O–H groups in total. The summed E-state index contributed by atoms with van der Waals surface area (Å²) in [6.07, 6.45) is 6.73. The van der Waals surface area contributed by atoms with Crippen LogP contribution in [0, 0.1) is 5.92 Å². The maximum absolute atomic E-state index is 12.4. The van der Waals surface area contributed by atoms with Crippen molar-refractivity contribution in [2.45, 2.75) is 32.6 Å². The number of hydrogen-bond acceptors (Lipinski definition) is 7. The van der Waals surface area contributed by atoms with Crippen LogP contribution in [-0.2, 0) is 9.59 Å². The van der Waals surface area contributed by atoms with Crippen molar-refractivity contribution in [3.63, 3.8) is 0 Å². The second-order valence-electron chi connectivity index (χ2n) is 5.78. The van der Waals surface area contributed by atoms with Gasteiger partial charge in [0.1, 0.15) is 5.69 Å². The molecular weight excluding hydrogens is 338 g/mol. The minimum absolute atomic E-state index is 0.0754. The molecule has 1 unspecified atom stereocenters. The molecule has 2 aromatic heterocycles. The zero-order valence-corrected chi connectivity index (χ0v) is 14.6. The van der Waals surface area contributed by atoms with Gasteiger partial charge in [0.25, 0.3) is 0 Å². The van der Waals surface area contributed by atoms with Crippen LogP contribution in [0.15, 0.2) is 35.1 Å². The van der Waals surface area contributed by atoms with E-state index in [1.807, 2.05) is 0 Å². The molecule has 9 heteroatoms. The molecule has 2 heterocycles. The van der Waals surface area contributed by atoms with Gasteiger partial charge in [-0.3, -0.25) is 25.6 Å². The van der Waals surface area contributed by atoms with E-state index in [0.717, 1.165) is 19.3 Å². The summed E-state index contributed by atoms with van der Waals surface area (Å²) in [5.74, 6) is -0.108. The fraction of sp³-hybridized carbons (Fsp3) is 0.412. The predicted octanol–water partition coefficient (Wildman–Crippen LogP) is 2.22. The lowest BCUT2D eigenvalue weighted by atomic mass is 10.0. The molecule has 2 amide bonds. The van der Waals surface area contributed by atoms with Crippen LogP contribution in [-0.4, -0.2) is 39.1 Å². The number of unbranched alkanes of at least 4 members (excludes halogenated alkanes) is 2. The summed E-state index contributed by atoms with van der Waals surface area (Å²) in [6, 6.07) is 5.21. The lowest BCUT2D eigenvalue weighted by Crippen LogP contribution is -2.40. The van der Waals surface area contributed by atoms with Crippen LogP contribution < -0.4 is 10.9 Å². The number of anilines is 1. The minimum Gasteiger partial charge on any atom is -0.463 e. The highest BCUT2D eigenvalue weighted by atomic mass is 16.5. The standard InChI is InChI=1S/C17H23N5O4/c1-2-3-4-6-13(11-22(25)12-23)16(24)20-21-17-18-9-8-14(19-17)15-7-5-10-26-15/h5,7-10,12-13,25H,2-4,6,11H2,1H3,(H,20,24)(H,18,19,21). The van der Waals surface area contributed by atoms with E-state index in [-0.39, 0.29) is 24.8 Å². The van der Waals surface area contributed by atoms with Gasteiger partial charge < -0.3 is 4.42 Å². The second-order valence-corrected chi connectivity index (χ2v) is 5.78. The van der Waals surface area contributed by atoms with E-state index in [4.69, 9.17) is 4.42 Å². The van der Waals surface area contributed by atoms with Crippen LogP contribution in [0.5, 0.6) is 0 Å². The largest absolute Gasteiger partial charge is 0.463 e. The van der Waals surface area contributed by atoms with E-state index in [9.17, 15) is 14.8 Å². The average molecular weight is 361 g/mol. The van der Waals surface area contributed by atoms with Gasteiger partial charge in [0, 0.05) is 6.20 Å². The number of carbonyl (C=O) groups is 2. The Bertz CT molecular complexity index is 692. The van der Waals surface area contributed by atoms with Gasteiger partial charge in [-0.05, 0) is 24.6 Å². The van der Waals surface area contributed by atoms with E-state index in [2.05, 4.69) is 27.7 Å². The molecule has 0 saturated heterocycles. The maximum Gasteiger partial charge on any atom is 0.243 e. The molecule has 2 aromatic rings. The third kappa shape index (κ3) is 5.85. The first-order chi connectivity index (χ1) is 12.6. The molecule has 0 aliphatic rings. The van der Waals surface area contributed by atoms with Crippen LogP contribution in [0.3, 0.4) is 0 Å². The first kappa shape index (κ1) is 19.4. The van der Waals surface area contributed by atoms with Crippen LogP contribution in [0.25, 0.3) is 11.5 Å². The topological polar surface area (TPSA) is 121 Å². The van der Waals surface area contributed by atoms with Gasteiger partial charge in [-0.25, -0.2) is 15.0 Å². The van der Waals surface area contributed by atoms with Gasteiger partial charge in [-0.1, -0.05) is 26.2 Å². The third-order valence-corrected chi connectivity index (χ3v) is 3.78. The van der Waals surface area contributed by atoms with E-state index >= 15 is 0 Å². The highest BCUT2D eigenvalue weighted by Gasteiger charge is 2.20. The van der Waals surface area contributed by atoms with Crippen molar-refractivity contribution >= 4 is 18.3 Å². The third-order valence-electron chi connectivity index (χ3n) is 3.78. The SMILES string of the molecule is CCCCCC(CN(O)C=O)C(=O)NNc1nccc(-c2ccco2)n1. The van der Waals surface area contributed by atoms with E-state index in [1.54, 1.807) is 30.7 Å². The Morgan fingerprint density at radius 1 is 1.42 bits per heavy atom. The van der Waals surface area contributed by atoms with Crippen LogP contribution in [0.4, 0.5) is 5.95 Å². The Morgan fingerprint density at radius 2 is 2.27 bits per heavy atom. The van der Waals surface area contributed by atoms with Crippen molar-refractivity contribution < 1.29 is 19.2 Å². The van der Waals surface area contributed by atoms with Gasteiger partial charge in [-0.15, -0.1) is 0 Å². The van der Waals surface area contributed by atoms with E-state index in [1.165, 1.54) is 0 Å². The second kappa shape index (κ2) is 10.1. The molecule has 2 rings (SSSR count). The number of carbonyl (C=O) groups excluding carboxylic acids is 2. The quantitative estimate of drug-likeness (QED) is 0.243. The summed E-state index contributed by atoms with van der Waals surface area (Å²) in [5, 5.41) is 9.87. The molecule has 9 nitrogen and oxygen atoms in total. The molecular formula is C17H23N5O4. The minimum atomic E-state index is -0.544. The summed E-state index contributed by atoms with van der Waals surface area (Å²) in [5.41, 5.74) is 5.76. The summed E-state index contributed by atoms with van der Waals surface area (Å²) >= 11 is 0. The van der Waals surface area contributed by atoms with Crippen molar-refractivity contribution in [1.82, 2.24) is 20.5 Å². The number of hydroxylamine groups is 2. The Balaban J connectivity index is 1.95. The number of amides is 2. The average Bonchev–Trinajstić information content (AvgIpc) is 3.20. The van der Waals surface area contributed by atoms with Gasteiger partial charge in [-0.2, -0.15) is 0 Å². The predicted molar refractivity (Wildman–Crippen MR) is 93.7 cm³/mol. The zero-order chi connectivity index (χ0) is 18.8. The molecule has 0 saturated carbocycles. The Hall–Kier alpha value is -2.94. The van der Waals surface area contributed by atoms with Crippen molar-refractivity contribution in [2.75, 3.05) is 12.0 Å². The Kier molecular flexibility index (Phi) is 7.56. The highest BCUT2D eigenvalue weighted by molar-refractivity contribution is 5.80. The molecule has 0 aliphatic heterocycles. The Morgan fingerprint density at radius 3 is 2.96 bits per heavy atom. The van der Waals surface area contributed by atoms with Gasteiger partial charge in [0.2, 0.25) is 18.3 Å². The number of nitrogens with one attached hydrogen (secondary N) is 2. The maximum atomic E-state index is 12.4. The number of rotatable bonds is 11. The summed E-state index contributed by atoms with van der Waals surface area (Å²) in [6.45, 7) is 1.98. The molecule has 140 valence electrons. The molecule has 26 heavy (non-hydrogen) atoms. The fourth-order valence-electron chi connectivity index (χ4n) is 2.41. The summed E-state index contributed by atoms with van der Waals surface area (Å²) in [4.78, 5) is 31.3. The van der Waals surface area contributed by atoms with Crippen molar-refractivity contribution in [3.8, 4) is 11.5 Å². The molecule has 0 radical (unpaired) electrons. The van der Waals surface area contributed by atoms with Crippen LogP contribution in [0.1, 0.15) is 32.6 Å². The van der Waals surface area contributed by atoms with Crippen LogP contribution >= 0.6 is 0 Å². The van der Waals surface area contributed by atoms with Crippen molar-refractivity contribution in [2.24, 2.45) is 5.92 Å². The van der Waals surface area contributed by atoms with Gasteiger partial charge in [0.05, 0.1) is 18.7 Å². The lowest BCUT2D eigenvalue weighted by Gasteiger charge is -2.19. The fourth-order valence-corrected chi connectivity index (χ4v) is 2.41. The first-order valence-corrected chi connectivity index (χ1v) is 8.47. The monoisotopic (exact) mass is 361 g/mol. The molecule has 0 aromatic carbocycles. The van der Waals surface area contributed by atoms with Crippen LogP contribution in [0.2, 0.25) is 0 Å². The molecule has 1 atom stereocenters. The molecule has 0 spiro atoms. The number of nitrogens with zero attached hydrogens (tertiary/aromatic N) is 3. The number of furan rings is 1. The zero-order valence-electron chi connectivity index (χ0n) is 14.6. The number of hydrogen-bond donors (Lipinski definition) is 3. The van der Waals surface area contributed by atoms with E-state index in [0.29, 0.717) is 22.9 Å². The molecule has 0 bridgehead atoms. The van der Waals surface area contributed by atoms with Crippen molar-refractivity contribution in [3.05, 3.63) is 30.7 Å².